The molecule has 21 heavy (non-hydrogen) atoms. The van der Waals surface area contributed by atoms with Gasteiger partial charge in [-0.15, -0.1) is 0 Å². The van der Waals surface area contributed by atoms with E-state index in [0.29, 0.717) is 0 Å². The molecule has 2 rings (SSSR count). The Morgan fingerprint density at radius 2 is 1.00 bits per heavy atom. The van der Waals surface area contributed by atoms with Gasteiger partial charge in [0, 0.05) is 0 Å². The van der Waals surface area contributed by atoms with Crippen LogP contribution in [0.5, 0.6) is 0 Å². The minimum Gasteiger partial charge on any atom is -0.0623 e. The Bertz CT molecular complexity index is 638. The molecule has 0 aliphatic carbocycles. The molecule has 0 nitrogen and oxygen atoms in total. The Kier molecular flexibility index (Phi) is 6.02. The molecule has 0 amide bonds. The summed E-state index contributed by atoms with van der Waals surface area (Å²) in [5.74, 6) is 0. The number of hydrogen-bond donors (Lipinski definition) is 0. The third-order valence-electron chi connectivity index (χ3n) is 3.01. The standard InChI is InChI=1S/C21H20/c1-19-15-17-21(18-16-19)14-8-5-3-2-4-7-11-20-12-9-6-10-13-20/h2-18H,1H3/b4-2+,5-3+,11-7+,14-8+. The van der Waals surface area contributed by atoms with Crippen molar-refractivity contribution in [1.82, 2.24) is 0 Å². The highest BCUT2D eigenvalue weighted by atomic mass is 13.9. The van der Waals surface area contributed by atoms with Crippen molar-refractivity contribution in [2.75, 3.05) is 0 Å². The van der Waals surface area contributed by atoms with E-state index in [2.05, 4.69) is 61.5 Å². The van der Waals surface area contributed by atoms with Crippen molar-refractivity contribution >= 4 is 12.2 Å². The maximum Gasteiger partial charge on any atom is -0.0256 e. The van der Waals surface area contributed by atoms with Gasteiger partial charge < -0.3 is 0 Å². The zero-order valence-electron chi connectivity index (χ0n) is 12.3. The zero-order valence-corrected chi connectivity index (χ0v) is 12.3. The molecule has 0 N–H and O–H groups in total. The van der Waals surface area contributed by atoms with E-state index >= 15 is 0 Å². The van der Waals surface area contributed by atoms with Crippen LogP contribution in [-0.4, -0.2) is 0 Å². The first kappa shape index (κ1) is 14.8. The van der Waals surface area contributed by atoms with Crippen LogP contribution in [0.25, 0.3) is 12.2 Å². The Morgan fingerprint density at radius 1 is 0.524 bits per heavy atom. The van der Waals surface area contributed by atoms with Crippen LogP contribution in [-0.2, 0) is 0 Å². The quantitative estimate of drug-likeness (QED) is 0.600. The molecule has 2 aromatic carbocycles. The van der Waals surface area contributed by atoms with Crippen LogP contribution in [0.3, 0.4) is 0 Å². The summed E-state index contributed by atoms with van der Waals surface area (Å²) in [4.78, 5) is 0. The van der Waals surface area contributed by atoms with Gasteiger partial charge in [0.1, 0.15) is 0 Å². The predicted octanol–water partition coefficient (Wildman–Crippen LogP) is 5.83. The third kappa shape index (κ3) is 5.92. The van der Waals surface area contributed by atoms with Crippen molar-refractivity contribution in [3.05, 3.63) is 108 Å². The summed E-state index contributed by atoms with van der Waals surface area (Å²) >= 11 is 0. The Morgan fingerprint density at radius 3 is 1.57 bits per heavy atom. The average Bonchev–Trinajstić information content (AvgIpc) is 2.53. The second-order valence-corrected chi connectivity index (χ2v) is 4.81. The van der Waals surface area contributed by atoms with Crippen LogP contribution in [0.15, 0.2) is 91.1 Å². The first-order valence-corrected chi connectivity index (χ1v) is 7.14. The molecule has 0 saturated heterocycles. The molecule has 0 aliphatic rings. The highest BCUT2D eigenvalue weighted by molar-refractivity contribution is 5.52. The van der Waals surface area contributed by atoms with Gasteiger partial charge in [0.05, 0.1) is 0 Å². The number of allylic oxidation sites excluding steroid dienone is 6. The summed E-state index contributed by atoms with van der Waals surface area (Å²) < 4.78 is 0. The van der Waals surface area contributed by atoms with Crippen molar-refractivity contribution < 1.29 is 0 Å². The van der Waals surface area contributed by atoms with Gasteiger partial charge in [0.25, 0.3) is 0 Å². The maximum absolute atomic E-state index is 2.12. The van der Waals surface area contributed by atoms with Gasteiger partial charge in [-0.2, -0.15) is 0 Å². The summed E-state index contributed by atoms with van der Waals surface area (Å²) in [5, 5.41) is 0. The minimum atomic E-state index is 1.21. The molecule has 0 heteroatoms. The lowest BCUT2D eigenvalue weighted by atomic mass is 10.1. The zero-order chi connectivity index (χ0) is 14.8. The van der Waals surface area contributed by atoms with Gasteiger partial charge in [0.2, 0.25) is 0 Å². The monoisotopic (exact) mass is 272 g/mol. The van der Waals surface area contributed by atoms with E-state index < -0.39 is 0 Å². The molecule has 0 radical (unpaired) electrons. The van der Waals surface area contributed by atoms with Crippen molar-refractivity contribution in [2.24, 2.45) is 0 Å². The fourth-order valence-electron chi connectivity index (χ4n) is 1.83. The molecule has 0 fully saturated rings. The number of aryl methyl sites for hydroxylation is 1. The van der Waals surface area contributed by atoms with Gasteiger partial charge in [-0.05, 0) is 18.1 Å². The van der Waals surface area contributed by atoms with E-state index in [0.717, 1.165) is 0 Å². The number of benzene rings is 2. The summed E-state index contributed by atoms with van der Waals surface area (Å²) in [7, 11) is 0. The Hall–Kier alpha value is -2.60. The SMILES string of the molecule is Cc1ccc(/C=C/C=C/C=C/C=C/c2ccccc2)cc1. The maximum atomic E-state index is 2.12. The average molecular weight is 272 g/mol. The van der Waals surface area contributed by atoms with Gasteiger partial charge in [0.15, 0.2) is 0 Å². The molecule has 0 aromatic heterocycles. The molecule has 0 spiro atoms. The van der Waals surface area contributed by atoms with Crippen molar-refractivity contribution in [3.8, 4) is 0 Å². The van der Waals surface area contributed by atoms with Crippen LogP contribution < -0.4 is 0 Å². The van der Waals surface area contributed by atoms with Crippen molar-refractivity contribution in [2.45, 2.75) is 6.92 Å². The molecule has 0 atom stereocenters. The van der Waals surface area contributed by atoms with Crippen LogP contribution in [0.2, 0.25) is 0 Å². The van der Waals surface area contributed by atoms with Crippen LogP contribution in [0.1, 0.15) is 16.7 Å². The van der Waals surface area contributed by atoms with Crippen LogP contribution in [0.4, 0.5) is 0 Å². The van der Waals surface area contributed by atoms with Crippen molar-refractivity contribution in [1.29, 1.82) is 0 Å². The summed E-state index contributed by atoms with van der Waals surface area (Å²) in [6, 6.07) is 18.8. The molecule has 0 saturated carbocycles. The van der Waals surface area contributed by atoms with E-state index in [4.69, 9.17) is 0 Å². The smallest absolute Gasteiger partial charge is 0.0256 e. The van der Waals surface area contributed by atoms with Gasteiger partial charge in [-0.3, -0.25) is 0 Å². The van der Waals surface area contributed by atoms with E-state index in [1.165, 1.54) is 16.7 Å². The topological polar surface area (TPSA) is 0 Å². The Balaban J connectivity index is 1.78. The van der Waals surface area contributed by atoms with Gasteiger partial charge >= 0.3 is 0 Å². The predicted molar refractivity (Wildman–Crippen MR) is 94.0 cm³/mol. The molecule has 2 aromatic rings. The van der Waals surface area contributed by atoms with E-state index in [1.54, 1.807) is 0 Å². The highest BCUT2D eigenvalue weighted by Crippen LogP contribution is 2.05. The third-order valence-corrected chi connectivity index (χ3v) is 3.01. The van der Waals surface area contributed by atoms with Crippen LogP contribution in [0, 0.1) is 6.92 Å². The number of rotatable bonds is 5. The summed E-state index contributed by atoms with van der Waals surface area (Å²) in [6.45, 7) is 2.10. The lowest BCUT2D eigenvalue weighted by Gasteiger charge is -1.92. The molecule has 104 valence electrons. The largest absolute Gasteiger partial charge is 0.0623 e. The minimum absolute atomic E-state index is 1.21. The second-order valence-electron chi connectivity index (χ2n) is 4.81. The lowest BCUT2D eigenvalue weighted by molar-refractivity contribution is 1.46. The number of hydrogen-bond acceptors (Lipinski definition) is 0. The molecule has 0 heterocycles. The fraction of sp³-hybridized carbons (Fsp3) is 0.0476. The summed E-state index contributed by atoms with van der Waals surface area (Å²) in [6.07, 6.45) is 16.4. The van der Waals surface area contributed by atoms with Crippen molar-refractivity contribution in [3.63, 3.8) is 0 Å². The summed E-state index contributed by atoms with van der Waals surface area (Å²) in [5.41, 5.74) is 3.72. The van der Waals surface area contributed by atoms with E-state index in [-0.39, 0.29) is 0 Å². The first-order chi connectivity index (χ1) is 10.3. The molecular formula is C21H20. The molecular weight excluding hydrogens is 252 g/mol. The second kappa shape index (κ2) is 8.55. The van der Waals surface area contributed by atoms with E-state index in [9.17, 15) is 0 Å². The normalized spacial score (nSPS) is 12.2. The Labute approximate surface area is 127 Å². The fourth-order valence-corrected chi connectivity index (χ4v) is 1.83. The molecule has 0 aliphatic heterocycles. The molecule has 0 bridgehead atoms. The van der Waals surface area contributed by atoms with Gasteiger partial charge in [-0.25, -0.2) is 0 Å². The molecule has 0 unspecified atom stereocenters. The highest BCUT2D eigenvalue weighted by Gasteiger charge is 1.84. The van der Waals surface area contributed by atoms with Gasteiger partial charge in [-0.1, -0.05) is 109 Å². The van der Waals surface area contributed by atoms with E-state index in [1.807, 2.05) is 48.6 Å². The lowest BCUT2D eigenvalue weighted by Crippen LogP contribution is -1.72. The first-order valence-electron chi connectivity index (χ1n) is 7.14. The van der Waals surface area contributed by atoms with Crippen LogP contribution >= 0.6 is 0 Å².